The lowest BCUT2D eigenvalue weighted by Crippen LogP contribution is -2.17. The Morgan fingerprint density at radius 2 is 1.83 bits per heavy atom. The first-order valence-electron chi connectivity index (χ1n) is 6.19. The number of benzene rings is 2. The van der Waals surface area contributed by atoms with Crippen LogP contribution in [0.1, 0.15) is 29.7 Å². The average molecular weight is 304 g/mol. The molecule has 2 rings (SSSR count). The van der Waals surface area contributed by atoms with Crippen LogP contribution >= 0.6 is 15.9 Å². The summed E-state index contributed by atoms with van der Waals surface area (Å²) in [5.74, 6) is 0. The molecular weight excluding hydrogens is 286 g/mol. The predicted molar refractivity (Wildman–Crippen MR) is 80.6 cm³/mol. The number of hydrogen-bond donors (Lipinski definition) is 1. The van der Waals surface area contributed by atoms with Crippen molar-refractivity contribution in [1.82, 2.24) is 5.32 Å². The zero-order valence-corrected chi connectivity index (χ0v) is 12.4. The van der Waals surface area contributed by atoms with E-state index in [1.807, 2.05) is 0 Å². The summed E-state index contributed by atoms with van der Waals surface area (Å²) < 4.78 is 1.13. The summed E-state index contributed by atoms with van der Waals surface area (Å²) in [4.78, 5) is 0. The maximum Gasteiger partial charge on any atom is 0.0295 e. The van der Waals surface area contributed by atoms with Crippen LogP contribution in [-0.4, -0.2) is 0 Å². The largest absolute Gasteiger partial charge is 0.306 e. The molecule has 0 aliphatic rings. The van der Waals surface area contributed by atoms with E-state index in [0.29, 0.717) is 6.04 Å². The summed E-state index contributed by atoms with van der Waals surface area (Å²) in [7, 11) is 0. The van der Waals surface area contributed by atoms with E-state index >= 15 is 0 Å². The van der Waals surface area contributed by atoms with Gasteiger partial charge < -0.3 is 5.32 Å². The smallest absolute Gasteiger partial charge is 0.0295 e. The van der Waals surface area contributed by atoms with Gasteiger partial charge in [-0.3, -0.25) is 0 Å². The van der Waals surface area contributed by atoms with Gasteiger partial charge in [-0.1, -0.05) is 57.9 Å². The molecule has 2 aromatic carbocycles. The molecule has 2 heteroatoms. The summed E-state index contributed by atoms with van der Waals surface area (Å²) in [6.45, 7) is 5.20. The van der Waals surface area contributed by atoms with Crippen LogP contribution in [0.3, 0.4) is 0 Å². The highest BCUT2D eigenvalue weighted by atomic mass is 79.9. The number of rotatable bonds is 4. The minimum atomic E-state index is 0.351. The van der Waals surface area contributed by atoms with Crippen LogP contribution < -0.4 is 5.32 Å². The lowest BCUT2D eigenvalue weighted by atomic mass is 10.1. The van der Waals surface area contributed by atoms with E-state index in [1.54, 1.807) is 0 Å². The average Bonchev–Trinajstić information content (AvgIpc) is 2.38. The second-order valence-electron chi connectivity index (χ2n) is 4.64. The van der Waals surface area contributed by atoms with E-state index in [-0.39, 0.29) is 0 Å². The fraction of sp³-hybridized carbons (Fsp3) is 0.250. The molecule has 2 aromatic rings. The van der Waals surface area contributed by atoms with Crippen molar-refractivity contribution in [2.45, 2.75) is 26.4 Å². The third kappa shape index (κ3) is 3.69. The van der Waals surface area contributed by atoms with Crippen LogP contribution in [0.25, 0.3) is 0 Å². The Bertz CT molecular complexity index is 505. The van der Waals surface area contributed by atoms with Crippen LogP contribution in [0.2, 0.25) is 0 Å². The molecule has 0 bridgehead atoms. The Morgan fingerprint density at radius 1 is 1.11 bits per heavy atom. The van der Waals surface area contributed by atoms with Crippen LogP contribution in [-0.2, 0) is 6.54 Å². The van der Waals surface area contributed by atoms with E-state index in [4.69, 9.17) is 0 Å². The molecule has 0 aromatic heterocycles. The molecule has 94 valence electrons. The molecule has 0 saturated heterocycles. The fourth-order valence-corrected chi connectivity index (χ4v) is 2.29. The van der Waals surface area contributed by atoms with Gasteiger partial charge in [0.25, 0.3) is 0 Å². The van der Waals surface area contributed by atoms with Crippen molar-refractivity contribution in [3.8, 4) is 0 Å². The summed E-state index contributed by atoms with van der Waals surface area (Å²) in [6.07, 6.45) is 0. The topological polar surface area (TPSA) is 12.0 Å². The lowest BCUT2D eigenvalue weighted by Gasteiger charge is -2.14. The van der Waals surface area contributed by atoms with Crippen molar-refractivity contribution in [2.75, 3.05) is 0 Å². The van der Waals surface area contributed by atoms with E-state index in [2.05, 4.69) is 83.6 Å². The summed E-state index contributed by atoms with van der Waals surface area (Å²) >= 11 is 3.51. The zero-order valence-electron chi connectivity index (χ0n) is 10.8. The normalized spacial score (nSPS) is 12.4. The van der Waals surface area contributed by atoms with Gasteiger partial charge in [-0.2, -0.15) is 0 Å². The Morgan fingerprint density at radius 3 is 2.50 bits per heavy atom. The fourth-order valence-electron chi connectivity index (χ4n) is 1.87. The molecule has 0 aliphatic carbocycles. The standard InChI is InChI=1S/C16H18BrN/c1-12-6-8-14(9-7-12)11-18-13(2)15-4-3-5-16(17)10-15/h3-10,13,18H,11H2,1-2H3. The molecule has 0 amide bonds. The molecule has 0 fully saturated rings. The monoisotopic (exact) mass is 303 g/mol. The highest BCUT2D eigenvalue weighted by Crippen LogP contribution is 2.18. The van der Waals surface area contributed by atoms with Gasteiger partial charge >= 0.3 is 0 Å². The van der Waals surface area contributed by atoms with Crippen molar-refractivity contribution in [3.05, 3.63) is 69.7 Å². The number of halogens is 1. The zero-order chi connectivity index (χ0) is 13.0. The van der Waals surface area contributed by atoms with E-state index in [9.17, 15) is 0 Å². The van der Waals surface area contributed by atoms with Gasteiger partial charge in [-0.25, -0.2) is 0 Å². The number of hydrogen-bond acceptors (Lipinski definition) is 1. The molecule has 0 aliphatic heterocycles. The molecule has 1 unspecified atom stereocenters. The summed E-state index contributed by atoms with van der Waals surface area (Å²) in [5, 5.41) is 3.54. The molecule has 0 heterocycles. The van der Waals surface area contributed by atoms with Crippen molar-refractivity contribution >= 4 is 15.9 Å². The van der Waals surface area contributed by atoms with Crippen LogP contribution in [0.15, 0.2) is 53.0 Å². The Hall–Kier alpha value is -1.12. The maximum atomic E-state index is 3.54. The van der Waals surface area contributed by atoms with Gasteiger partial charge in [0.15, 0.2) is 0 Å². The molecule has 1 nitrogen and oxygen atoms in total. The quantitative estimate of drug-likeness (QED) is 0.870. The van der Waals surface area contributed by atoms with Gasteiger partial charge in [0.05, 0.1) is 0 Å². The Kier molecular flexibility index (Phi) is 4.56. The lowest BCUT2D eigenvalue weighted by molar-refractivity contribution is 0.574. The second-order valence-corrected chi connectivity index (χ2v) is 5.56. The molecule has 18 heavy (non-hydrogen) atoms. The van der Waals surface area contributed by atoms with Crippen molar-refractivity contribution in [3.63, 3.8) is 0 Å². The molecular formula is C16H18BrN. The predicted octanol–water partition coefficient (Wildman–Crippen LogP) is 4.61. The first-order valence-corrected chi connectivity index (χ1v) is 6.99. The van der Waals surface area contributed by atoms with Crippen molar-refractivity contribution < 1.29 is 0 Å². The summed E-state index contributed by atoms with van der Waals surface area (Å²) in [6, 6.07) is 17.4. The third-order valence-electron chi connectivity index (χ3n) is 3.08. The SMILES string of the molecule is Cc1ccc(CNC(C)c2cccc(Br)c2)cc1. The van der Waals surface area contributed by atoms with E-state index < -0.39 is 0 Å². The highest BCUT2D eigenvalue weighted by Gasteiger charge is 2.04. The Balaban J connectivity index is 1.96. The van der Waals surface area contributed by atoms with Crippen LogP contribution in [0.5, 0.6) is 0 Å². The van der Waals surface area contributed by atoms with Crippen molar-refractivity contribution in [2.24, 2.45) is 0 Å². The maximum absolute atomic E-state index is 3.54. The minimum absolute atomic E-state index is 0.351. The van der Waals surface area contributed by atoms with E-state index in [1.165, 1.54) is 16.7 Å². The molecule has 0 saturated carbocycles. The Labute approximate surface area is 117 Å². The van der Waals surface area contributed by atoms with Gasteiger partial charge in [-0.15, -0.1) is 0 Å². The molecule has 1 atom stereocenters. The van der Waals surface area contributed by atoms with Gasteiger partial charge in [0.1, 0.15) is 0 Å². The van der Waals surface area contributed by atoms with Gasteiger partial charge in [0, 0.05) is 17.1 Å². The van der Waals surface area contributed by atoms with Gasteiger partial charge in [0.2, 0.25) is 0 Å². The molecule has 1 N–H and O–H groups in total. The second kappa shape index (κ2) is 6.17. The van der Waals surface area contributed by atoms with Gasteiger partial charge in [-0.05, 0) is 37.1 Å². The number of aryl methyl sites for hydroxylation is 1. The van der Waals surface area contributed by atoms with E-state index in [0.717, 1.165) is 11.0 Å². The first kappa shape index (κ1) is 13.3. The number of nitrogens with one attached hydrogen (secondary N) is 1. The third-order valence-corrected chi connectivity index (χ3v) is 3.57. The molecule has 0 radical (unpaired) electrons. The summed E-state index contributed by atoms with van der Waals surface area (Å²) in [5.41, 5.74) is 3.93. The van der Waals surface area contributed by atoms with Crippen molar-refractivity contribution in [1.29, 1.82) is 0 Å². The van der Waals surface area contributed by atoms with Crippen LogP contribution in [0, 0.1) is 6.92 Å². The van der Waals surface area contributed by atoms with Crippen LogP contribution in [0.4, 0.5) is 0 Å². The first-order chi connectivity index (χ1) is 8.65. The highest BCUT2D eigenvalue weighted by molar-refractivity contribution is 9.10. The minimum Gasteiger partial charge on any atom is -0.306 e. The molecule has 0 spiro atoms.